The van der Waals surface area contributed by atoms with Crippen molar-refractivity contribution in [2.45, 2.75) is 0 Å². The molecule has 0 spiro atoms. The Kier molecular flexibility index (Phi) is 3.71. The van der Waals surface area contributed by atoms with Crippen molar-refractivity contribution in [2.75, 3.05) is 20.2 Å². The molecule has 0 aromatic heterocycles. The summed E-state index contributed by atoms with van der Waals surface area (Å²) in [4.78, 5) is 0. The molecule has 0 atom stereocenters. The van der Waals surface area contributed by atoms with E-state index in [0.717, 1.165) is 0 Å². The summed E-state index contributed by atoms with van der Waals surface area (Å²) in [6.07, 6.45) is 0. The zero-order valence-corrected chi connectivity index (χ0v) is 5.76. The van der Waals surface area contributed by atoms with E-state index in [4.69, 9.17) is 4.55 Å². The van der Waals surface area contributed by atoms with Gasteiger partial charge >= 0.3 is 10.4 Å². The van der Waals surface area contributed by atoms with E-state index < -0.39 is 10.4 Å². The largest absolute Gasteiger partial charge is 0.397 e. The molecule has 0 saturated heterocycles. The van der Waals surface area contributed by atoms with Crippen molar-refractivity contribution in [1.82, 2.24) is 5.32 Å². The quantitative estimate of drug-likeness (QED) is 0.418. The Labute approximate surface area is 54.0 Å². The molecule has 55 valence electrons. The Morgan fingerprint density at radius 1 is 1.67 bits per heavy atom. The lowest BCUT2D eigenvalue weighted by atomic mass is 10.7. The summed E-state index contributed by atoms with van der Waals surface area (Å²) < 4.78 is 31.5. The molecule has 1 radical (unpaired) electrons. The molecule has 0 aliphatic rings. The summed E-state index contributed by atoms with van der Waals surface area (Å²) in [6.45, 7) is 0.162. The van der Waals surface area contributed by atoms with E-state index in [1.807, 2.05) is 0 Å². The Hall–Kier alpha value is -0.170. The Morgan fingerprint density at radius 3 is 2.56 bits per heavy atom. The first-order chi connectivity index (χ1) is 4.06. The first-order valence-electron chi connectivity index (χ1n) is 2.23. The van der Waals surface area contributed by atoms with Gasteiger partial charge in [0.15, 0.2) is 0 Å². The number of rotatable bonds is 4. The molecule has 0 aliphatic heterocycles. The molecule has 0 fully saturated rings. The van der Waals surface area contributed by atoms with Gasteiger partial charge in [-0.3, -0.25) is 4.55 Å². The Bertz CT molecular complexity index is 151. The molecule has 5 nitrogen and oxygen atoms in total. The molecular formula is C3H8NO4S. The second-order valence-electron chi connectivity index (χ2n) is 1.29. The van der Waals surface area contributed by atoms with Crippen LogP contribution in [0.15, 0.2) is 0 Å². The molecule has 0 unspecified atom stereocenters. The van der Waals surface area contributed by atoms with Gasteiger partial charge in [-0.1, -0.05) is 0 Å². The zero-order valence-electron chi connectivity index (χ0n) is 4.94. The zero-order chi connectivity index (χ0) is 7.33. The standard InChI is InChI=1S/C3H8NO4S/c1-4-2-3-8-9(5,6)7/h2-3H2,1H3,(H,5,6,7). The highest BCUT2D eigenvalue weighted by molar-refractivity contribution is 7.80. The highest BCUT2D eigenvalue weighted by Crippen LogP contribution is 1.82. The van der Waals surface area contributed by atoms with E-state index in [-0.39, 0.29) is 13.2 Å². The Morgan fingerprint density at radius 2 is 2.22 bits per heavy atom. The van der Waals surface area contributed by atoms with E-state index in [2.05, 4.69) is 9.50 Å². The molecule has 0 saturated carbocycles. The van der Waals surface area contributed by atoms with E-state index in [1.165, 1.54) is 7.05 Å². The minimum Gasteiger partial charge on any atom is -0.264 e. The van der Waals surface area contributed by atoms with Crippen molar-refractivity contribution < 1.29 is 17.2 Å². The Balaban J connectivity index is 3.30. The fraction of sp³-hybridized carbons (Fsp3) is 1.00. The maximum absolute atomic E-state index is 9.80. The molecule has 9 heavy (non-hydrogen) atoms. The normalized spacial score (nSPS) is 11.8. The van der Waals surface area contributed by atoms with Gasteiger partial charge in [0.1, 0.15) is 0 Å². The topological polar surface area (TPSA) is 77.7 Å². The van der Waals surface area contributed by atoms with Crippen LogP contribution in [0.3, 0.4) is 0 Å². The van der Waals surface area contributed by atoms with Crippen molar-refractivity contribution in [1.29, 1.82) is 0 Å². The highest BCUT2D eigenvalue weighted by atomic mass is 32.3. The lowest BCUT2D eigenvalue weighted by Gasteiger charge is -1.95. The second-order valence-corrected chi connectivity index (χ2v) is 2.38. The number of nitrogens with zero attached hydrogens (tertiary/aromatic N) is 1. The van der Waals surface area contributed by atoms with Crippen LogP contribution in [0.2, 0.25) is 0 Å². The maximum Gasteiger partial charge on any atom is 0.397 e. The monoisotopic (exact) mass is 154 g/mol. The molecule has 0 aromatic rings. The van der Waals surface area contributed by atoms with E-state index in [0.29, 0.717) is 0 Å². The van der Waals surface area contributed by atoms with Crippen molar-refractivity contribution in [3.63, 3.8) is 0 Å². The molecule has 0 heterocycles. The van der Waals surface area contributed by atoms with Gasteiger partial charge in [0, 0.05) is 13.6 Å². The molecule has 1 N–H and O–H groups in total. The molecule has 0 rings (SSSR count). The van der Waals surface area contributed by atoms with Gasteiger partial charge in [0.25, 0.3) is 0 Å². The van der Waals surface area contributed by atoms with Crippen LogP contribution in [0.4, 0.5) is 0 Å². The maximum atomic E-state index is 9.80. The van der Waals surface area contributed by atoms with Crippen LogP contribution >= 0.6 is 0 Å². The average Bonchev–Trinajstić information content (AvgIpc) is 1.63. The third-order valence-electron chi connectivity index (χ3n) is 0.547. The third kappa shape index (κ3) is 7.83. The summed E-state index contributed by atoms with van der Waals surface area (Å²) in [5, 5.41) is 3.54. The lowest BCUT2D eigenvalue weighted by Crippen LogP contribution is -2.12. The van der Waals surface area contributed by atoms with Gasteiger partial charge in [0.05, 0.1) is 6.61 Å². The van der Waals surface area contributed by atoms with E-state index in [9.17, 15) is 8.42 Å². The lowest BCUT2D eigenvalue weighted by molar-refractivity contribution is 0.269. The smallest absolute Gasteiger partial charge is 0.264 e. The predicted octanol–water partition coefficient (Wildman–Crippen LogP) is -0.960. The average molecular weight is 154 g/mol. The second kappa shape index (κ2) is 3.78. The van der Waals surface area contributed by atoms with Crippen LogP contribution in [-0.2, 0) is 14.6 Å². The van der Waals surface area contributed by atoms with Crippen molar-refractivity contribution in [2.24, 2.45) is 0 Å². The van der Waals surface area contributed by atoms with E-state index >= 15 is 0 Å². The highest BCUT2D eigenvalue weighted by Gasteiger charge is 2.01. The summed E-state index contributed by atoms with van der Waals surface area (Å²) in [6, 6.07) is 0. The van der Waals surface area contributed by atoms with Gasteiger partial charge in [-0.15, -0.1) is 0 Å². The van der Waals surface area contributed by atoms with Gasteiger partial charge < -0.3 is 0 Å². The molecule has 0 bridgehead atoms. The molecule has 0 aromatic carbocycles. The van der Waals surface area contributed by atoms with Gasteiger partial charge in [0.2, 0.25) is 0 Å². The van der Waals surface area contributed by atoms with Crippen LogP contribution in [0.25, 0.3) is 0 Å². The van der Waals surface area contributed by atoms with Gasteiger partial charge in [-0.05, 0) is 0 Å². The van der Waals surface area contributed by atoms with Crippen LogP contribution in [-0.4, -0.2) is 33.2 Å². The molecule has 0 amide bonds. The summed E-state index contributed by atoms with van der Waals surface area (Å²) in [5.74, 6) is 0. The van der Waals surface area contributed by atoms with Gasteiger partial charge in [-0.2, -0.15) is 8.42 Å². The minimum atomic E-state index is -4.26. The predicted molar refractivity (Wildman–Crippen MR) is 30.4 cm³/mol. The first-order valence-corrected chi connectivity index (χ1v) is 3.60. The summed E-state index contributed by atoms with van der Waals surface area (Å²) in [5.41, 5.74) is 0. The van der Waals surface area contributed by atoms with Crippen LogP contribution in [0, 0.1) is 0 Å². The van der Waals surface area contributed by atoms with Crippen LogP contribution in [0.1, 0.15) is 0 Å². The van der Waals surface area contributed by atoms with Gasteiger partial charge in [-0.25, -0.2) is 9.50 Å². The molecule has 0 aliphatic carbocycles. The molecule has 6 heteroatoms. The van der Waals surface area contributed by atoms with Crippen molar-refractivity contribution >= 4 is 10.4 Å². The summed E-state index contributed by atoms with van der Waals surface area (Å²) in [7, 11) is -2.74. The van der Waals surface area contributed by atoms with E-state index in [1.54, 1.807) is 0 Å². The fourth-order valence-corrected chi connectivity index (χ4v) is 0.519. The van der Waals surface area contributed by atoms with Crippen LogP contribution < -0.4 is 5.32 Å². The SMILES string of the molecule is C[N]CCOS(=O)(=O)O. The summed E-state index contributed by atoms with van der Waals surface area (Å²) >= 11 is 0. The number of hydrogen-bond donors (Lipinski definition) is 1. The van der Waals surface area contributed by atoms with Crippen LogP contribution in [0.5, 0.6) is 0 Å². The minimum absolute atomic E-state index is 0.102. The van der Waals surface area contributed by atoms with Crippen molar-refractivity contribution in [3.8, 4) is 0 Å². The number of likely N-dealkylation sites (N-methyl/N-ethyl adjacent to an activating group) is 1. The fourth-order valence-electron chi connectivity index (χ4n) is 0.234. The molecular weight excluding hydrogens is 146 g/mol. The first kappa shape index (κ1) is 8.83. The number of hydrogen-bond acceptors (Lipinski definition) is 3. The van der Waals surface area contributed by atoms with Crippen molar-refractivity contribution in [3.05, 3.63) is 0 Å². The third-order valence-corrected chi connectivity index (χ3v) is 1.01.